The molecule has 0 N–H and O–H groups in total. The average molecular weight is 191 g/mol. The van der Waals surface area contributed by atoms with Gasteiger partial charge < -0.3 is 4.42 Å². The SMILES string of the molecule is Cc1ccc(Sc2ncco2)cc1. The topological polar surface area (TPSA) is 26.0 Å². The summed E-state index contributed by atoms with van der Waals surface area (Å²) < 4.78 is 5.12. The van der Waals surface area contributed by atoms with Crippen LogP contribution in [0.2, 0.25) is 0 Å². The van der Waals surface area contributed by atoms with Crippen molar-refractivity contribution in [2.75, 3.05) is 0 Å². The van der Waals surface area contributed by atoms with E-state index in [-0.39, 0.29) is 0 Å². The van der Waals surface area contributed by atoms with E-state index in [4.69, 9.17) is 4.42 Å². The monoisotopic (exact) mass is 191 g/mol. The molecule has 66 valence electrons. The first-order valence-electron chi connectivity index (χ1n) is 3.98. The lowest BCUT2D eigenvalue weighted by molar-refractivity contribution is 0.454. The van der Waals surface area contributed by atoms with Gasteiger partial charge in [-0.05, 0) is 30.8 Å². The summed E-state index contributed by atoms with van der Waals surface area (Å²) in [6.45, 7) is 2.07. The van der Waals surface area contributed by atoms with Crippen LogP contribution >= 0.6 is 11.8 Å². The maximum Gasteiger partial charge on any atom is 0.260 e. The van der Waals surface area contributed by atoms with Crippen molar-refractivity contribution in [2.45, 2.75) is 17.0 Å². The molecule has 0 bridgehead atoms. The van der Waals surface area contributed by atoms with Crippen LogP contribution in [0.3, 0.4) is 0 Å². The molecule has 2 nitrogen and oxygen atoms in total. The Morgan fingerprint density at radius 1 is 1.23 bits per heavy atom. The number of hydrogen-bond acceptors (Lipinski definition) is 3. The number of rotatable bonds is 2. The lowest BCUT2D eigenvalue weighted by Gasteiger charge is -1.96. The summed E-state index contributed by atoms with van der Waals surface area (Å²) in [5.74, 6) is 0. The third-order valence-corrected chi connectivity index (χ3v) is 2.52. The van der Waals surface area contributed by atoms with E-state index < -0.39 is 0 Å². The molecular formula is C10H9NOS. The average Bonchev–Trinajstić information content (AvgIpc) is 2.62. The maximum atomic E-state index is 5.12. The molecule has 0 saturated carbocycles. The molecule has 1 aromatic heterocycles. The third-order valence-electron chi connectivity index (χ3n) is 1.64. The first kappa shape index (κ1) is 8.38. The minimum absolute atomic E-state index is 0.684. The summed E-state index contributed by atoms with van der Waals surface area (Å²) in [6, 6.07) is 8.27. The minimum Gasteiger partial charge on any atom is -0.440 e. The van der Waals surface area contributed by atoms with Crippen LogP contribution in [0.4, 0.5) is 0 Å². The van der Waals surface area contributed by atoms with Gasteiger partial charge in [-0.1, -0.05) is 17.7 Å². The van der Waals surface area contributed by atoms with Crippen LogP contribution in [-0.2, 0) is 0 Å². The molecule has 0 radical (unpaired) electrons. The zero-order valence-corrected chi connectivity index (χ0v) is 8.04. The summed E-state index contributed by atoms with van der Waals surface area (Å²) >= 11 is 1.53. The number of aromatic nitrogens is 1. The molecule has 0 fully saturated rings. The van der Waals surface area contributed by atoms with Crippen LogP contribution < -0.4 is 0 Å². The van der Waals surface area contributed by atoms with Gasteiger partial charge in [-0.2, -0.15) is 0 Å². The second-order valence-corrected chi connectivity index (χ2v) is 3.74. The molecule has 0 aliphatic carbocycles. The Morgan fingerprint density at radius 3 is 2.62 bits per heavy atom. The minimum atomic E-state index is 0.684. The summed E-state index contributed by atoms with van der Waals surface area (Å²) in [7, 11) is 0. The largest absolute Gasteiger partial charge is 0.440 e. The van der Waals surface area contributed by atoms with E-state index in [2.05, 4.69) is 36.2 Å². The summed E-state index contributed by atoms with van der Waals surface area (Å²) in [6.07, 6.45) is 3.23. The predicted molar refractivity (Wildman–Crippen MR) is 51.8 cm³/mol. The lowest BCUT2D eigenvalue weighted by atomic mass is 10.2. The van der Waals surface area contributed by atoms with E-state index >= 15 is 0 Å². The fraction of sp³-hybridized carbons (Fsp3) is 0.100. The maximum absolute atomic E-state index is 5.12. The highest BCUT2D eigenvalue weighted by Crippen LogP contribution is 2.25. The van der Waals surface area contributed by atoms with Crippen LogP contribution in [0.1, 0.15) is 5.56 Å². The van der Waals surface area contributed by atoms with Gasteiger partial charge in [-0.25, -0.2) is 4.98 Å². The van der Waals surface area contributed by atoms with Gasteiger partial charge in [0.15, 0.2) is 0 Å². The van der Waals surface area contributed by atoms with Crippen molar-refractivity contribution in [3.8, 4) is 0 Å². The Bertz CT molecular complexity index is 366. The Balaban J connectivity index is 2.15. The van der Waals surface area contributed by atoms with Gasteiger partial charge in [0.25, 0.3) is 5.22 Å². The van der Waals surface area contributed by atoms with Gasteiger partial charge in [0, 0.05) is 4.90 Å². The van der Waals surface area contributed by atoms with Crippen molar-refractivity contribution in [1.82, 2.24) is 4.98 Å². The fourth-order valence-electron chi connectivity index (χ4n) is 0.968. The van der Waals surface area contributed by atoms with E-state index in [1.807, 2.05) is 0 Å². The van der Waals surface area contributed by atoms with Crippen LogP contribution in [0, 0.1) is 6.92 Å². The molecule has 1 heterocycles. The quantitative estimate of drug-likeness (QED) is 0.729. The number of oxazole rings is 1. The summed E-state index contributed by atoms with van der Waals surface area (Å²) in [5, 5.41) is 0.684. The number of aryl methyl sites for hydroxylation is 1. The first-order valence-corrected chi connectivity index (χ1v) is 4.80. The zero-order valence-electron chi connectivity index (χ0n) is 7.23. The lowest BCUT2D eigenvalue weighted by Crippen LogP contribution is -1.74. The van der Waals surface area contributed by atoms with Crippen LogP contribution in [0.25, 0.3) is 0 Å². The Kier molecular flexibility index (Phi) is 2.36. The predicted octanol–water partition coefficient (Wildman–Crippen LogP) is 3.13. The van der Waals surface area contributed by atoms with Gasteiger partial charge >= 0.3 is 0 Å². The highest BCUT2D eigenvalue weighted by atomic mass is 32.2. The van der Waals surface area contributed by atoms with Gasteiger partial charge in [0.1, 0.15) is 6.26 Å². The smallest absolute Gasteiger partial charge is 0.260 e. The van der Waals surface area contributed by atoms with Gasteiger partial charge in [0.05, 0.1) is 6.20 Å². The molecule has 13 heavy (non-hydrogen) atoms. The Labute approximate surface area is 81.0 Å². The standard InChI is InChI=1S/C10H9NOS/c1-8-2-4-9(5-3-8)13-10-11-6-7-12-10/h2-7H,1H3. The highest BCUT2D eigenvalue weighted by molar-refractivity contribution is 7.99. The molecule has 0 amide bonds. The van der Waals surface area contributed by atoms with E-state index in [0.29, 0.717) is 5.22 Å². The van der Waals surface area contributed by atoms with Crippen molar-refractivity contribution >= 4 is 11.8 Å². The second-order valence-electron chi connectivity index (χ2n) is 2.71. The van der Waals surface area contributed by atoms with Crippen molar-refractivity contribution in [3.63, 3.8) is 0 Å². The molecule has 1 aromatic carbocycles. The Hall–Kier alpha value is -1.22. The normalized spacial score (nSPS) is 10.2. The van der Waals surface area contributed by atoms with Gasteiger partial charge in [-0.3, -0.25) is 0 Å². The second kappa shape index (κ2) is 3.66. The van der Waals surface area contributed by atoms with Crippen LogP contribution in [-0.4, -0.2) is 4.98 Å². The molecule has 0 aliphatic heterocycles. The molecule has 0 aliphatic rings. The van der Waals surface area contributed by atoms with E-state index in [1.54, 1.807) is 12.5 Å². The van der Waals surface area contributed by atoms with E-state index in [9.17, 15) is 0 Å². The molecular weight excluding hydrogens is 182 g/mol. The molecule has 0 spiro atoms. The zero-order chi connectivity index (χ0) is 9.10. The number of hydrogen-bond donors (Lipinski definition) is 0. The first-order chi connectivity index (χ1) is 6.34. The Morgan fingerprint density at radius 2 is 2.00 bits per heavy atom. The van der Waals surface area contributed by atoms with Crippen molar-refractivity contribution in [3.05, 3.63) is 42.3 Å². The molecule has 0 unspecified atom stereocenters. The highest BCUT2D eigenvalue weighted by Gasteiger charge is 1.99. The third kappa shape index (κ3) is 2.12. The van der Waals surface area contributed by atoms with Crippen LogP contribution in [0.5, 0.6) is 0 Å². The number of nitrogens with zero attached hydrogens (tertiary/aromatic N) is 1. The van der Waals surface area contributed by atoms with Crippen molar-refractivity contribution in [1.29, 1.82) is 0 Å². The molecule has 3 heteroatoms. The number of benzene rings is 1. The van der Waals surface area contributed by atoms with Gasteiger partial charge in [0.2, 0.25) is 0 Å². The molecule has 0 atom stereocenters. The van der Waals surface area contributed by atoms with E-state index in [1.165, 1.54) is 17.3 Å². The molecule has 2 aromatic rings. The summed E-state index contributed by atoms with van der Waals surface area (Å²) in [5.41, 5.74) is 1.26. The summed E-state index contributed by atoms with van der Waals surface area (Å²) in [4.78, 5) is 5.18. The molecule has 2 rings (SSSR count). The van der Waals surface area contributed by atoms with Crippen molar-refractivity contribution < 1.29 is 4.42 Å². The van der Waals surface area contributed by atoms with Crippen LogP contribution in [0.15, 0.2) is 51.3 Å². The van der Waals surface area contributed by atoms with Crippen molar-refractivity contribution in [2.24, 2.45) is 0 Å². The van der Waals surface area contributed by atoms with E-state index in [0.717, 1.165) is 4.90 Å². The van der Waals surface area contributed by atoms with Gasteiger partial charge in [-0.15, -0.1) is 0 Å². The fourth-order valence-corrected chi connectivity index (χ4v) is 1.66. The molecule has 0 saturated heterocycles.